The Morgan fingerprint density at radius 2 is 1.64 bits per heavy atom. The van der Waals surface area contributed by atoms with Gasteiger partial charge in [0, 0.05) is 67.3 Å². The maximum atomic E-state index is 13.2. The smallest absolute Gasteiger partial charge is 0.257 e. The summed E-state index contributed by atoms with van der Waals surface area (Å²) in [6.45, 7) is 4.84. The molecule has 2 saturated heterocycles. The molecule has 3 aromatic rings. The Labute approximate surface area is 269 Å². The number of carbonyl (C=O) groups is 3. The molecule has 45 heavy (non-hydrogen) atoms. The zero-order valence-electron chi connectivity index (χ0n) is 26.2. The van der Waals surface area contributed by atoms with Gasteiger partial charge in [-0.2, -0.15) is 0 Å². The summed E-state index contributed by atoms with van der Waals surface area (Å²) in [5.74, 6) is 1.10. The topological polar surface area (TPSA) is 104 Å². The molecule has 6 rings (SSSR count). The molecule has 10 heteroatoms. The summed E-state index contributed by atoms with van der Waals surface area (Å²) in [6, 6.07) is 13.9. The third-order valence-corrected chi connectivity index (χ3v) is 10.3. The molecule has 1 aromatic heterocycles. The number of amides is 3. The first-order chi connectivity index (χ1) is 21.9. The highest BCUT2D eigenvalue weighted by atomic mass is 32.1. The molecule has 2 N–H and O–H groups in total. The van der Waals surface area contributed by atoms with Gasteiger partial charge >= 0.3 is 0 Å². The number of likely N-dealkylation sites (tertiary alicyclic amines) is 2. The molecule has 0 bridgehead atoms. The first-order valence-corrected chi connectivity index (χ1v) is 17.1. The van der Waals surface area contributed by atoms with Gasteiger partial charge in [-0.1, -0.05) is 25.3 Å². The van der Waals surface area contributed by atoms with Crippen molar-refractivity contribution >= 4 is 34.2 Å². The average Bonchev–Trinajstić information content (AvgIpc) is 3.74. The van der Waals surface area contributed by atoms with Crippen molar-refractivity contribution in [1.82, 2.24) is 20.1 Å². The van der Waals surface area contributed by atoms with Crippen LogP contribution in [0.2, 0.25) is 0 Å². The lowest BCUT2D eigenvalue weighted by atomic mass is 9.83. The molecular formula is C35H43N5O4S. The predicted octanol–water partition coefficient (Wildman–Crippen LogP) is 5.93. The summed E-state index contributed by atoms with van der Waals surface area (Å²) in [4.78, 5) is 46.8. The molecule has 0 unspecified atom stereocenters. The van der Waals surface area contributed by atoms with Crippen LogP contribution >= 0.6 is 11.3 Å². The fraction of sp³-hybridized carbons (Fsp3) is 0.486. The first kappa shape index (κ1) is 31.2. The standard InChI is InChI=1S/C35H43N5O4S/c1-23(41)36-28-14-17-40(21-28)29-15-18-39(19-16-29)34(43)26-10-8-25(9-11-26)33(42)38-35-37-31(22-45-35)30-20-27(12-13-32(30)44-2)24-6-4-3-5-7-24/h8-13,20,22,24,28-29H,3-7,14-19,21H2,1-2H3,(H,36,41)(H,37,38,42)/t28-/m1/s1. The van der Waals surface area contributed by atoms with Crippen molar-refractivity contribution in [2.45, 2.75) is 76.3 Å². The van der Waals surface area contributed by atoms with E-state index >= 15 is 0 Å². The number of thiazole rings is 1. The van der Waals surface area contributed by atoms with Crippen molar-refractivity contribution in [3.8, 4) is 17.0 Å². The molecule has 238 valence electrons. The van der Waals surface area contributed by atoms with E-state index in [0.29, 0.717) is 41.3 Å². The number of ether oxygens (including phenoxy) is 1. The van der Waals surface area contributed by atoms with E-state index in [1.807, 2.05) is 16.3 Å². The molecule has 0 radical (unpaired) electrons. The second-order valence-corrected chi connectivity index (χ2v) is 13.4. The summed E-state index contributed by atoms with van der Waals surface area (Å²) < 4.78 is 5.65. The zero-order valence-corrected chi connectivity index (χ0v) is 27.0. The van der Waals surface area contributed by atoms with Crippen LogP contribution in [0.4, 0.5) is 5.13 Å². The Morgan fingerprint density at radius 1 is 0.911 bits per heavy atom. The fourth-order valence-corrected chi connectivity index (χ4v) is 7.85. The summed E-state index contributed by atoms with van der Waals surface area (Å²) in [5, 5.41) is 8.42. The SMILES string of the molecule is COc1ccc(C2CCCCC2)cc1-c1csc(NC(=O)c2ccc(C(=O)N3CCC(N4CC[C@@H](NC(C)=O)C4)CC3)cc2)n1. The van der Waals surface area contributed by atoms with E-state index in [-0.39, 0.29) is 23.8 Å². The van der Waals surface area contributed by atoms with E-state index in [2.05, 4.69) is 27.7 Å². The number of aromatic nitrogens is 1. The largest absolute Gasteiger partial charge is 0.496 e. The molecule has 3 fully saturated rings. The predicted molar refractivity (Wildman–Crippen MR) is 177 cm³/mol. The van der Waals surface area contributed by atoms with E-state index in [9.17, 15) is 14.4 Å². The summed E-state index contributed by atoms with van der Waals surface area (Å²) in [5.41, 5.74) is 4.11. The highest BCUT2D eigenvalue weighted by Gasteiger charge is 2.32. The second kappa shape index (κ2) is 14.1. The van der Waals surface area contributed by atoms with Gasteiger partial charge in [0.1, 0.15) is 5.75 Å². The highest BCUT2D eigenvalue weighted by Crippen LogP contribution is 2.38. The number of rotatable bonds is 8. The van der Waals surface area contributed by atoms with E-state index in [1.165, 1.54) is 49.0 Å². The lowest BCUT2D eigenvalue weighted by Gasteiger charge is -2.36. The van der Waals surface area contributed by atoms with Crippen molar-refractivity contribution in [2.24, 2.45) is 0 Å². The summed E-state index contributed by atoms with van der Waals surface area (Å²) in [6.07, 6.45) is 9.12. The molecule has 3 heterocycles. The first-order valence-electron chi connectivity index (χ1n) is 16.2. The van der Waals surface area contributed by atoms with Gasteiger partial charge in [-0.05, 0) is 80.0 Å². The van der Waals surface area contributed by atoms with Crippen LogP contribution in [0.1, 0.15) is 90.5 Å². The van der Waals surface area contributed by atoms with Gasteiger partial charge in [-0.3, -0.25) is 24.6 Å². The Kier molecular flexibility index (Phi) is 9.80. The van der Waals surface area contributed by atoms with Crippen LogP contribution < -0.4 is 15.4 Å². The van der Waals surface area contributed by atoms with Crippen molar-refractivity contribution in [3.05, 3.63) is 64.5 Å². The second-order valence-electron chi connectivity index (χ2n) is 12.6. The van der Waals surface area contributed by atoms with E-state index in [4.69, 9.17) is 9.72 Å². The van der Waals surface area contributed by atoms with Gasteiger partial charge in [0.25, 0.3) is 11.8 Å². The molecular weight excluding hydrogens is 586 g/mol. The van der Waals surface area contributed by atoms with Crippen LogP contribution in [0.3, 0.4) is 0 Å². The number of nitrogens with zero attached hydrogens (tertiary/aromatic N) is 3. The lowest BCUT2D eigenvalue weighted by Crippen LogP contribution is -2.47. The minimum atomic E-state index is -0.262. The van der Waals surface area contributed by atoms with E-state index < -0.39 is 0 Å². The quantitative estimate of drug-likeness (QED) is 0.320. The Bertz CT molecular complexity index is 1510. The fourth-order valence-electron chi connectivity index (χ4n) is 7.14. The molecule has 9 nitrogen and oxygen atoms in total. The number of anilines is 1. The Hall–Kier alpha value is -3.76. The van der Waals surface area contributed by atoms with Gasteiger partial charge in [-0.25, -0.2) is 4.98 Å². The normalized spacial score (nSPS) is 19.8. The van der Waals surface area contributed by atoms with Crippen molar-refractivity contribution in [2.75, 3.05) is 38.6 Å². The summed E-state index contributed by atoms with van der Waals surface area (Å²) in [7, 11) is 1.67. The molecule has 1 aliphatic carbocycles. The van der Waals surface area contributed by atoms with Crippen LogP contribution in [-0.4, -0.2) is 77.9 Å². The van der Waals surface area contributed by atoms with Gasteiger partial charge in [0.05, 0.1) is 12.8 Å². The van der Waals surface area contributed by atoms with Gasteiger partial charge in [0.15, 0.2) is 5.13 Å². The molecule has 3 aliphatic rings. The third-order valence-electron chi connectivity index (χ3n) is 9.59. The molecule has 1 saturated carbocycles. The third kappa shape index (κ3) is 7.39. The lowest BCUT2D eigenvalue weighted by molar-refractivity contribution is -0.119. The maximum absolute atomic E-state index is 13.2. The van der Waals surface area contributed by atoms with Crippen LogP contribution in [-0.2, 0) is 4.79 Å². The molecule has 2 aromatic carbocycles. The minimum absolute atomic E-state index is 0.00748. The van der Waals surface area contributed by atoms with Crippen molar-refractivity contribution < 1.29 is 19.1 Å². The number of piperidine rings is 1. The number of hydrogen-bond donors (Lipinski definition) is 2. The monoisotopic (exact) mass is 629 g/mol. The zero-order chi connectivity index (χ0) is 31.3. The van der Waals surface area contributed by atoms with Crippen LogP contribution in [0.15, 0.2) is 47.8 Å². The minimum Gasteiger partial charge on any atom is -0.496 e. The van der Waals surface area contributed by atoms with Crippen molar-refractivity contribution in [3.63, 3.8) is 0 Å². The molecule has 0 spiro atoms. The van der Waals surface area contributed by atoms with Crippen LogP contribution in [0.25, 0.3) is 11.3 Å². The maximum Gasteiger partial charge on any atom is 0.257 e. The van der Waals surface area contributed by atoms with Gasteiger partial charge in [0.2, 0.25) is 5.91 Å². The Balaban J connectivity index is 1.03. The van der Waals surface area contributed by atoms with Crippen molar-refractivity contribution in [1.29, 1.82) is 0 Å². The van der Waals surface area contributed by atoms with Gasteiger partial charge in [-0.15, -0.1) is 11.3 Å². The average molecular weight is 630 g/mol. The Morgan fingerprint density at radius 3 is 2.36 bits per heavy atom. The van der Waals surface area contributed by atoms with Crippen LogP contribution in [0, 0.1) is 0 Å². The molecule has 3 amide bonds. The van der Waals surface area contributed by atoms with Crippen LogP contribution in [0.5, 0.6) is 5.75 Å². The van der Waals surface area contributed by atoms with E-state index in [1.54, 1.807) is 38.3 Å². The van der Waals surface area contributed by atoms with Gasteiger partial charge < -0.3 is 15.0 Å². The molecule has 1 atom stereocenters. The van der Waals surface area contributed by atoms with E-state index in [0.717, 1.165) is 49.4 Å². The number of carbonyl (C=O) groups excluding carboxylic acids is 3. The number of hydrogen-bond acceptors (Lipinski definition) is 7. The molecule has 2 aliphatic heterocycles. The number of methoxy groups -OCH3 is 1. The number of benzene rings is 2. The number of nitrogens with one attached hydrogen (secondary N) is 2. The highest BCUT2D eigenvalue weighted by molar-refractivity contribution is 7.14. The summed E-state index contributed by atoms with van der Waals surface area (Å²) >= 11 is 1.39.